The Morgan fingerprint density at radius 2 is 1.93 bits per heavy atom. The summed E-state index contributed by atoms with van der Waals surface area (Å²) in [6, 6.07) is 7.23. The van der Waals surface area contributed by atoms with Crippen molar-refractivity contribution in [2.24, 2.45) is 5.92 Å². The zero-order valence-electron chi connectivity index (χ0n) is 24.5. The van der Waals surface area contributed by atoms with Crippen molar-refractivity contribution in [1.82, 2.24) is 34.4 Å². The van der Waals surface area contributed by atoms with Gasteiger partial charge in [-0.25, -0.2) is 19.9 Å². The number of aryl methyl sites for hydroxylation is 1. The highest BCUT2D eigenvalue weighted by molar-refractivity contribution is 5.81. The Morgan fingerprint density at radius 1 is 1.15 bits per heavy atom. The Hall–Kier alpha value is -3.12. The van der Waals surface area contributed by atoms with E-state index in [-0.39, 0.29) is 17.3 Å². The lowest BCUT2D eigenvalue weighted by atomic mass is 9.76. The molecule has 4 heterocycles. The fraction of sp³-hybridized carbons (Fsp3) is 0.600. The van der Waals surface area contributed by atoms with E-state index in [4.69, 9.17) is 15.5 Å². The zero-order valence-corrected chi connectivity index (χ0v) is 24.5. The molecule has 4 atom stereocenters. The van der Waals surface area contributed by atoms with Crippen molar-refractivity contribution in [1.29, 1.82) is 0 Å². The topological polar surface area (TPSA) is 151 Å². The fourth-order valence-electron chi connectivity index (χ4n) is 6.35. The summed E-state index contributed by atoms with van der Waals surface area (Å²) in [4.78, 5) is 23.3. The minimum Gasteiger partial charge on any atom is -0.387 e. The molecule has 41 heavy (non-hydrogen) atoms. The average Bonchev–Trinajstić information content (AvgIpc) is 3.58. The predicted molar refractivity (Wildman–Crippen MR) is 157 cm³/mol. The number of fused-ring (bicyclic) bond motifs is 2. The standard InChI is InChI=1S/C30H42N8O3/c1-16(2)37(13-22-25(39)26(40)29(41-22)38-15-34-24-27(31)32-14-33-28(24)38)19-10-17(11-19)6-9-23-35-20-8-7-18(30(3,4)5)12-21(20)36-23/h7-8,12,14-17,19,22,25-26,29,39-40H,6,9-11,13H2,1-5H3,(H,35,36)(H2,31,32,33)/t17-,19+,22-,25?,26?,29-/m1/s1. The number of H-pyrrole nitrogens is 1. The van der Waals surface area contributed by atoms with Crippen LogP contribution in [0.25, 0.3) is 22.2 Å². The first-order valence-corrected chi connectivity index (χ1v) is 14.7. The van der Waals surface area contributed by atoms with Crippen LogP contribution in [0.2, 0.25) is 0 Å². The summed E-state index contributed by atoms with van der Waals surface area (Å²) in [5, 5.41) is 21.8. The molecule has 2 aliphatic rings. The van der Waals surface area contributed by atoms with Gasteiger partial charge >= 0.3 is 0 Å². The first-order valence-electron chi connectivity index (χ1n) is 14.7. The fourth-order valence-corrected chi connectivity index (χ4v) is 6.35. The van der Waals surface area contributed by atoms with Gasteiger partial charge in [-0.1, -0.05) is 26.8 Å². The Morgan fingerprint density at radius 3 is 2.66 bits per heavy atom. The van der Waals surface area contributed by atoms with Crippen molar-refractivity contribution in [3.8, 4) is 0 Å². The molecule has 1 aromatic carbocycles. The van der Waals surface area contributed by atoms with Crippen LogP contribution < -0.4 is 5.73 Å². The third-order valence-electron chi connectivity index (χ3n) is 8.92. The lowest BCUT2D eigenvalue weighted by molar-refractivity contribution is -0.0620. The number of imidazole rings is 2. The number of hydrogen-bond acceptors (Lipinski definition) is 9. The van der Waals surface area contributed by atoms with E-state index in [2.05, 4.69) is 77.7 Å². The molecule has 1 aliphatic heterocycles. The molecule has 1 aliphatic carbocycles. The van der Waals surface area contributed by atoms with Crippen LogP contribution in [0.3, 0.4) is 0 Å². The molecular formula is C30H42N8O3. The van der Waals surface area contributed by atoms with E-state index in [9.17, 15) is 10.2 Å². The van der Waals surface area contributed by atoms with Gasteiger partial charge in [0.05, 0.1) is 17.4 Å². The van der Waals surface area contributed by atoms with E-state index < -0.39 is 24.5 Å². The van der Waals surface area contributed by atoms with Crippen molar-refractivity contribution in [2.75, 3.05) is 12.3 Å². The number of rotatable bonds is 8. The van der Waals surface area contributed by atoms with E-state index >= 15 is 0 Å². The third kappa shape index (κ3) is 5.31. The van der Waals surface area contributed by atoms with E-state index in [1.54, 1.807) is 4.57 Å². The van der Waals surface area contributed by atoms with Crippen LogP contribution in [-0.2, 0) is 16.6 Å². The van der Waals surface area contributed by atoms with Gasteiger partial charge < -0.3 is 25.7 Å². The van der Waals surface area contributed by atoms with Crippen molar-refractivity contribution < 1.29 is 14.9 Å². The number of nitrogens with zero attached hydrogens (tertiary/aromatic N) is 6. The zero-order chi connectivity index (χ0) is 29.1. The highest BCUT2D eigenvalue weighted by Crippen LogP contribution is 2.38. The number of nitrogens with one attached hydrogen (secondary N) is 1. The van der Waals surface area contributed by atoms with Crippen molar-refractivity contribution in [2.45, 2.75) is 102 Å². The van der Waals surface area contributed by atoms with E-state index in [0.717, 1.165) is 42.5 Å². The number of ether oxygens (including phenoxy) is 1. The molecule has 0 bridgehead atoms. The van der Waals surface area contributed by atoms with Gasteiger partial charge in [0.2, 0.25) is 0 Å². The number of nitrogen functional groups attached to an aromatic ring is 1. The second kappa shape index (κ2) is 10.6. The number of benzene rings is 1. The quantitative estimate of drug-likeness (QED) is 0.253. The molecule has 0 amide bonds. The smallest absolute Gasteiger partial charge is 0.167 e. The average molecular weight is 563 g/mol. The normalized spacial score (nSPS) is 27.0. The first-order chi connectivity index (χ1) is 19.5. The number of aliphatic hydroxyl groups is 2. The molecule has 5 N–H and O–H groups in total. The molecule has 2 unspecified atom stereocenters. The number of nitrogens with two attached hydrogens (primary N) is 1. The van der Waals surface area contributed by atoms with Gasteiger partial charge in [0.25, 0.3) is 0 Å². The van der Waals surface area contributed by atoms with Crippen LogP contribution >= 0.6 is 0 Å². The second-order valence-corrected chi connectivity index (χ2v) is 13.1. The highest BCUT2D eigenvalue weighted by Gasteiger charge is 2.46. The third-order valence-corrected chi connectivity index (χ3v) is 8.92. The molecule has 4 aromatic rings. The molecule has 2 fully saturated rings. The molecule has 11 nitrogen and oxygen atoms in total. The highest BCUT2D eigenvalue weighted by atomic mass is 16.6. The van der Waals surface area contributed by atoms with Gasteiger partial charge in [-0.3, -0.25) is 9.47 Å². The monoisotopic (exact) mass is 562 g/mol. The van der Waals surface area contributed by atoms with E-state index in [1.165, 1.54) is 18.2 Å². The van der Waals surface area contributed by atoms with Crippen molar-refractivity contribution in [3.63, 3.8) is 0 Å². The van der Waals surface area contributed by atoms with Gasteiger partial charge in [-0.15, -0.1) is 0 Å². The minimum absolute atomic E-state index is 0.104. The van der Waals surface area contributed by atoms with E-state index in [0.29, 0.717) is 29.7 Å². The van der Waals surface area contributed by atoms with Gasteiger partial charge in [0.15, 0.2) is 17.7 Å². The number of anilines is 1. The molecule has 3 aromatic heterocycles. The first kappa shape index (κ1) is 28.0. The van der Waals surface area contributed by atoms with Gasteiger partial charge in [0, 0.05) is 25.0 Å². The summed E-state index contributed by atoms with van der Waals surface area (Å²) in [6.07, 6.45) is 3.63. The maximum absolute atomic E-state index is 10.9. The van der Waals surface area contributed by atoms with Gasteiger partial charge in [-0.2, -0.15) is 0 Å². The number of aromatic amines is 1. The lowest BCUT2D eigenvalue weighted by Gasteiger charge is -2.46. The Bertz CT molecular complexity index is 1520. The Kier molecular flexibility index (Phi) is 7.25. The molecule has 0 spiro atoms. The number of aliphatic hydroxyl groups excluding tert-OH is 2. The molecular weight excluding hydrogens is 520 g/mol. The Labute approximate surface area is 240 Å². The van der Waals surface area contributed by atoms with Gasteiger partial charge in [-0.05, 0) is 62.1 Å². The van der Waals surface area contributed by atoms with Crippen molar-refractivity contribution >= 4 is 28.0 Å². The van der Waals surface area contributed by atoms with E-state index in [1.807, 2.05) is 0 Å². The summed E-state index contributed by atoms with van der Waals surface area (Å²) in [5.41, 5.74) is 10.4. The maximum Gasteiger partial charge on any atom is 0.167 e. The maximum atomic E-state index is 10.9. The SMILES string of the molecule is CC(C)N(C[C@H]1O[C@@H](n2cnc3c(N)ncnc32)C(O)C1O)[C@H]1C[C@@H](CCc2nc3cc(C(C)(C)C)ccc3[nH]2)C1. The summed E-state index contributed by atoms with van der Waals surface area (Å²) >= 11 is 0. The van der Waals surface area contributed by atoms with Gasteiger partial charge in [0.1, 0.15) is 36.0 Å². The predicted octanol–water partition coefficient (Wildman–Crippen LogP) is 3.32. The summed E-state index contributed by atoms with van der Waals surface area (Å²) in [6.45, 7) is 11.6. The number of hydrogen-bond donors (Lipinski definition) is 4. The number of aromatic nitrogens is 6. The summed E-state index contributed by atoms with van der Waals surface area (Å²) in [5.74, 6) is 1.95. The molecule has 1 saturated carbocycles. The molecule has 220 valence electrons. The molecule has 0 radical (unpaired) electrons. The van der Waals surface area contributed by atoms with Crippen LogP contribution in [0.4, 0.5) is 5.82 Å². The second-order valence-electron chi connectivity index (χ2n) is 13.1. The van der Waals surface area contributed by atoms with Crippen LogP contribution in [0, 0.1) is 5.92 Å². The Balaban J connectivity index is 1.06. The van der Waals surface area contributed by atoms with Crippen LogP contribution in [0.15, 0.2) is 30.9 Å². The van der Waals surface area contributed by atoms with Crippen LogP contribution in [-0.4, -0.2) is 81.5 Å². The summed E-state index contributed by atoms with van der Waals surface area (Å²) < 4.78 is 7.86. The lowest BCUT2D eigenvalue weighted by Crippen LogP contribution is -2.52. The van der Waals surface area contributed by atoms with Crippen LogP contribution in [0.1, 0.15) is 71.5 Å². The van der Waals surface area contributed by atoms with Crippen LogP contribution in [0.5, 0.6) is 0 Å². The minimum atomic E-state index is -1.11. The summed E-state index contributed by atoms with van der Waals surface area (Å²) in [7, 11) is 0. The largest absolute Gasteiger partial charge is 0.387 e. The molecule has 1 saturated heterocycles. The molecule has 11 heteroatoms. The molecule has 6 rings (SSSR count). The van der Waals surface area contributed by atoms with Crippen molar-refractivity contribution in [3.05, 3.63) is 42.2 Å².